The number of benzene rings is 1. The number of halogens is 1. The zero-order valence-corrected chi connectivity index (χ0v) is 9.95. The molecule has 0 atom stereocenters. The van der Waals surface area contributed by atoms with Crippen LogP contribution in [0.3, 0.4) is 0 Å². The number of oxazole rings is 1. The van der Waals surface area contributed by atoms with Crippen LogP contribution in [0.15, 0.2) is 27.4 Å². The highest BCUT2D eigenvalue weighted by Crippen LogP contribution is 2.17. The van der Waals surface area contributed by atoms with Gasteiger partial charge >= 0.3 is 5.76 Å². The number of amides is 1. The summed E-state index contributed by atoms with van der Waals surface area (Å²) < 4.78 is 6.41. The Morgan fingerprint density at radius 3 is 3.00 bits per heavy atom. The summed E-state index contributed by atoms with van der Waals surface area (Å²) in [5.41, 5.74) is 1.72. The van der Waals surface area contributed by atoms with Crippen molar-refractivity contribution in [3.05, 3.63) is 28.7 Å². The molecule has 17 heavy (non-hydrogen) atoms. The summed E-state index contributed by atoms with van der Waals surface area (Å²) >= 11 is 5.46. The molecule has 2 rings (SSSR count). The molecule has 0 aliphatic carbocycles. The molecule has 0 radical (unpaired) electrons. The smallest absolute Gasteiger partial charge is 0.408 e. The molecule has 0 aliphatic heterocycles. The van der Waals surface area contributed by atoms with E-state index in [1.807, 2.05) is 0 Å². The monoisotopic (exact) mass is 254 g/mol. The molecule has 1 aromatic carbocycles. The highest BCUT2D eigenvalue weighted by atomic mass is 35.5. The second-order valence-electron chi connectivity index (χ2n) is 3.60. The third kappa shape index (κ3) is 2.34. The van der Waals surface area contributed by atoms with Gasteiger partial charge in [0.25, 0.3) is 0 Å². The Bertz CT molecular complexity index is 615. The quantitative estimate of drug-likeness (QED) is 0.848. The standard InChI is InChI=1S/C11H11ClN2O3/c1-14-8-3-2-7(13-10(15)4-5-12)6-9(8)17-11(14)16/h2-3,6H,4-5H2,1H3,(H,13,15). The summed E-state index contributed by atoms with van der Waals surface area (Å²) in [6.07, 6.45) is 0.248. The first-order valence-corrected chi connectivity index (χ1v) is 5.60. The number of aromatic nitrogens is 1. The number of alkyl halides is 1. The van der Waals surface area contributed by atoms with Gasteiger partial charge in [0, 0.05) is 31.1 Å². The van der Waals surface area contributed by atoms with E-state index in [2.05, 4.69) is 5.32 Å². The molecule has 1 aromatic heterocycles. The van der Waals surface area contributed by atoms with Crippen molar-refractivity contribution in [1.29, 1.82) is 0 Å². The maximum atomic E-state index is 11.3. The summed E-state index contributed by atoms with van der Waals surface area (Å²) in [5.74, 6) is -0.323. The molecule has 0 aliphatic rings. The zero-order valence-electron chi connectivity index (χ0n) is 9.20. The van der Waals surface area contributed by atoms with E-state index in [-0.39, 0.29) is 18.2 Å². The van der Waals surface area contributed by atoms with Crippen molar-refractivity contribution in [3.63, 3.8) is 0 Å². The average Bonchev–Trinajstić information content (AvgIpc) is 2.55. The molecular formula is C11H11ClN2O3. The number of carbonyl (C=O) groups is 1. The Balaban J connectivity index is 2.32. The highest BCUT2D eigenvalue weighted by molar-refractivity contribution is 6.19. The Kier molecular flexibility index (Phi) is 3.19. The van der Waals surface area contributed by atoms with Crippen molar-refractivity contribution in [2.75, 3.05) is 11.2 Å². The Morgan fingerprint density at radius 1 is 1.53 bits per heavy atom. The molecule has 0 spiro atoms. The molecule has 0 fully saturated rings. The van der Waals surface area contributed by atoms with Crippen LogP contribution in [0.25, 0.3) is 11.1 Å². The lowest BCUT2D eigenvalue weighted by Gasteiger charge is -2.03. The molecule has 1 amide bonds. The maximum Gasteiger partial charge on any atom is 0.419 e. The SMILES string of the molecule is Cn1c(=O)oc2cc(NC(=O)CCCl)ccc21. The van der Waals surface area contributed by atoms with Crippen LogP contribution in [0.2, 0.25) is 0 Å². The lowest BCUT2D eigenvalue weighted by Crippen LogP contribution is -2.11. The molecule has 0 bridgehead atoms. The van der Waals surface area contributed by atoms with Gasteiger partial charge in [-0.1, -0.05) is 0 Å². The molecule has 6 heteroatoms. The van der Waals surface area contributed by atoms with Gasteiger partial charge in [-0.3, -0.25) is 9.36 Å². The molecule has 2 aromatic rings. The molecule has 1 N–H and O–H groups in total. The van der Waals surface area contributed by atoms with Crippen LogP contribution in [0.4, 0.5) is 5.69 Å². The third-order valence-corrected chi connectivity index (χ3v) is 2.59. The van der Waals surface area contributed by atoms with E-state index in [1.54, 1.807) is 25.2 Å². The van der Waals surface area contributed by atoms with Gasteiger partial charge in [-0.05, 0) is 12.1 Å². The van der Waals surface area contributed by atoms with E-state index in [4.69, 9.17) is 16.0 Å². The van der Waals surface area contributed by atoms with Crippen molar-refractivity contribution >= 4 is 34.3 Å². The van der Waals surface area contributed by atoms with Gasteiger partial charge in [-0.2, -0.15) is 0 Å². The predicted molar refractivity (Wildman–Crippen MR) is 65.4 cm³/mol. The number of aryl methyl sites for hydroxylation is 1. The van der Waals surface area contributed by atoms with Crippen molar-refractivity contribution in [2.24, 2.45) is 7.05 Å². The molecule has 90 valence electrons. The van der Waals surface area contributed by atoms with Crippen molar-refractivity contribution in [2.45, 2.75) is 6.42 Å². The van der Waals surface area contributed by atoms with Crippen LogP contribution in [0.5, 0.6) is 0 Å². The van der Waals surface area contributed by atoms with Crippen molar-refractivity contribution in [3.8, 4) is 0 Å². The molecule has 5 nitrogen and oxygen atoms in total. The van der Waals surface area contributed by atoms with Gasteiger partial charge in [-0.15, -0.1) is 11.6 Å². The second-order valence-corrected chi connectivity index (χ2v) is 3.97. The number of fused-ring (bicyclic) bond motifs is 1. The van der Waals surface area contributed by atoms with E-state index in [9.17, 15) is 9.59 Å². The Labute approximate surface area is 102 Å². The number of hydrogen-bond acceptors (Lipinski definition) is 3. The summed E-state index contributed by atoms with van der Waals surface area (Å²) in [4.78, 5) is 22.6. The second kappa shape index (κ2) is 4.63. The van der Waals surface area contributed by atoms with Gasteiger partial charge in [0.2, 0.25) is 5.91 Å². The average molecular weight is 255 g/mol. The van der Waals surface area contributed by atoms with Crippen LogP contribution >= 0.6 is 11.6 Å². The lowest BCUT2D eigenvalue weighted by atomic mass is 10.2. The topological polar surface area (TPSA) is 64.2 Å². The molecule has 1 heterocycles. The van der Waals surface area contributed by atoms with Crippen LogP contribution < -0.4 is 11.1 Å². The zero-order chi connectivity index (χ0) is 12.4. The van der Waals surface area contributed by atoms with Gasteiger partial charge in [0.05, 0.1) is 5.52 Å². The predicted octanol–water partition coefficient (Wildman–Crippen LogP) is 1.70. The van der Waals surface area contributed by atoms with E-state index in [0.29, 0.717) is 16.8 Å². The molecule has 0 saturated carbocycles. The minimum Gasteiger partial charge on any atom is -0.408 e. The minimum atomic E-state index is -0.427. The first-order chi connectivity index (χ1) is 8.11. The molecular weight excluding hydrogens is 244 g/mol. The van der Waals surface area contributed by atoms with Gasteiger partial charge in [-0.25, -0.2) is 4.79 Å². The van der Waals surface area contributed by atoms with E-state index < -0.39 is 5.76 Å². The van der Waals surface area contributed by atoms with E-state index in [0.717, 1.165) is 0 Å². The van der Waals surface area contributed by atoms with Gasteiger partial charge in [0.15, 0.2) is 5.58 Å². The third-order valence-electron chi connectivity index (χ3n) is 2.40. The Morgan fingerprint density at radius 2 is 2.29 bits per heavy atom. The first-order valence-electron chi connectivity index (χ1n) is 5.07. The van der Waals surface area contributed by atoms with Crippen molar-refractivity contribution < 1.29 is 9.21 Å². The first kappa shape index (κ1) is 11.7. The van der Waals surface area contributed by atoms with Crippen LogP contribution in [-0.2, 0) is 11.8 Å². The number of nitrogens with one attached hydrogen (secondary N) is 1. The fraction of sp³-hybridized carbons (Fsp3) is 0.273. The Hall–Kier alpha value is -1.75. The van der Waals surface area contributed by atoms with Crippen LogP contribution in [0, 0.1) is 0 Å². The summed E-state index contributed by atoms with van der Waals surface area (Å²) in [5, 5.41) is 2.67. The largest absolute Gasteiger partial charge is 0.419 e. The minimum absolute atomic E-state index is 0.169. The normalized spacial score (nSPS) is 10.7. The fourth-order valence-electron chi connectivity index (χ4n) is 1.52. The van der Waals surface area contributed by atoms with Gasteiger partial charge < -0.3 is 9.73 Å². The summed E-state index contributed by atoms with van der Waals surface area (Å²) in [6, 6.07) is 5.04. The fourth-order valence-corrected chi connectivity index (χ4v) is 1.69. The molecule has 0 saturated heterocycles. The van der Waals surface area contributed by atoms with Gasteiger partial charge in [0.1, 0.15) is 0 Å². The van der Waals surface area contributed by atoms with E-state index in [1.165, 1.54) is 4.57 Å². The maximum absolute atomic E-state index is 11.3. The number of carbonyl (C=O) groups excluding carboxylic acids is 1. The number of nitrogens with zero attached hydrogens (tertiary/aromatic N) is 1. The summed E-state index contributed by atoms with van der Waals surface area (Å²) in [6.45, 7) is 0. The summed E-state index contributed by atoms with van der Waals surface area (Å²) in [7, 11) is 1.62. The lowest BCUT2D eigenvalue weighted by molar-refractivity contribution is -0.115. The van der Waals surface area contributed by atoms with E-state index >= 15 is 0 Å². The number of rotatable bonds is 3. The number of anilines is 1. The van der Waals surface area contributed by atoms with Crippen molar-refractivity contribution in [1.82, 2.24) is 4.57 Å². The van der Waals surface area contributed by atoms with Crippen LogP contribution in [-0.4, -0.2) is 16.4 Å². The number of hydrogen-bond donors (Lipinski definition) is 1. The highest BCUT2D eigenvalue weighted by Gasteiger charge is 2.07. The molecule has 0 unspecified atom stereocenters. The van der Waals surface area contributed by atoms with Crippen LogP contribution in [0.1, 0.15) is 6.42 Å².